The third-order valence-corrected chi connectivity index (χ3v) is 4.53. The number of hydrogen-bond donors (Lipinski definition) is 3. The Labute approximate surface area is 144 Å². The van der Waals surface area contributed by atoms with E-state index in [0.29, 0.717) is 30.1 Å². The molecule has 5 heteroatoms. The Bertz CT molecular complexity index is 571. The predicted octanol–water partition coefficient (Wildman–Crippen LogP) is 2.92. The summed E-state index contributed by atoms with van der Waals surface area (Å²) in [7, 11) is 0. The first-order valence-corrected chi connectivity index (χ1v) is 8.90. The van der Waals surface area contributed by atoms with Crippen LogP contribution in [-0.4, -0.2) is 24.4 Å². The van der Waals surface area contributed by atoms with Crippen molar-refractivity contribution in [1.82, 2.24) is 5.32 Å². The van der Waals surface area contributed by atoms with Gasteiger partial charge >= 0.3 is 0 Å². The zero-order valence-corrected chi connectivity index (χ0v) is 14.7. The highest BCUT2D eigenvalue weighted by molar-refractivity contribution is 6.03. The van der Waals surface area contributed by atoms with Crippen LogP contribution in [0, 0.1) is 11.8 Å². The van der Waals surface area contributed by atoms with E-state index in [1.54, 1.807) is 18.2 Å². The lowest BCUT2D eigenvalue weighted by atomic mass is 9.83. The van der Waals surface area contributed by atoms with E-state index in [1.165, 1.54) is 0 Å². The van der Waals surface area contributed by atoms with Gasteiger partial charge in [0.15, 0.2) is 0 Å². The van der Waals surface area contributed by atoms with Gasteiger partial charge in [-0.05, 0) is 36.8 Å². The van der Waals surface area contributed by atoms with Gasteiger partial charge < -0.3 is 16.4 Å². The lowest BCUT2D eigenvalue weighted by molar-refractivity contribution is -0.117. The van der Waals surface area contributed by atoms with Crippen LogP contribution >= 0.6 is 0 Å². The molecule has 2 rings (SSSR count). The third kappa shape index (κ3) is 5.34. The summed E-state index contributed by atoms with van der Waals surface area (Å²) in [6.45, 7) is 4.70. The van der Waals surface area contributed by atoms with Crippen LogP contribution in [0.1, 0.15) is 56.3 Å². The maximum Gasteiger partial charge on any atom is 0.253 e. The van der Waals surface area contributed by atoms with Crippen molar-refractivity contribution in [2.24, 2.45) is 17.6 Å². The van der Waals surface area contributed by atoms with Crippen LogP contribution in [0.3, 0.4) is 0 Å². The summed E-state index contributed by atoms with van der Waals surface area (Å²) < 4.78 is 0. The van der Waals surface area contributed by atoms with Crippen molar-refractivity contribution in [1.29, 1.82) is 0 Å². The van der Waals surface area contributed by atoms with Gasteiger partial charge in [-0.3, -0.25) is 9.59 Å². The Balaban J connectivity index is 1.98. The Morgan fingerprint density at radius 1 is 1.21 bits per heavy atom. The second-order valence-corrected chi connectivity index (χ2v) is 7.11. The van der Waals surface area contributed by atoms with Gasteiger partial charge in [0.25, 0.3) is 5.91 Å². The topological polar surface area (TPSA) is 84.2 Å². The van der Waals surface area contributed by atoms with Crippen LogP contribution in [-0.2, 0) is 4.79 Å². The number of rotatable bonds is 6. The molecule has 2 unspecified atom stereocenters. The first-order valence-electron chi connectivity index (χ1n) is 8.90. The highest BCUT2D eigenvalue weighted by Crippen LogP contribution is 2.26. The minimum Gasteiger partial charge on any atom is -0.352 e. The number of nitrogens with two attached hydrogens (primary N) is 1. The second-order valence-electron chi connectivity index (χ2n) is 7.11. The summed E-state index contributed by atoms with van der Waals surface area (Å²) in [5, 5.41) is 5.78. The van der Waals surface area contributed by atoms with Crippen LogP contribution in [0.25, 0.3) is 0 Å². The molecule has 0 saturated heterocycles. The van der Waals surface area contributed by atoms with E-state index in [9.17, 15) is 9.59 Å². The third-order valence-electron chi connectivity index (χ3n) is 4.53. The zero-order chi connectivity index (χ0) is 17.5. The minimum absolute atomic E-state index is 0.0681. The van der Waals surface area contributed by atoms with Gasteiger partial charge in [-0.25, -0.2) is 0 Å². The molecule has 24 heavy (non-hydrogen) atoms. The molecule has 1 fully saturated rings. The number of anilines is 1. The number of benzene rings is 1. The summed E-state index contributed by atoms with van der Waals surface area (Å²) in [5.41, 5.74) is 7.19. The SMILES string of the molecule is CC(C)CNC(=O)c1ccccc1NC(=O)CC1CCCCC1N. The fourth-order valence-electron chi connectivity index (χ4n) is 3.11. The Kier molecular flexibility index (Phi) is 6.79. The number of para-hydroxylation sites is 1. The monoisotopic (exact) mass is 331 g/mol. The lowest BCUT2D eigenvalue weighted by Gasteiger charge is -2.28. The summed E-state index contributed by atoms with van der Waals surface area (Å²) in [4.78, 5) is 24.7. The van der Waals surface area contributed by atoms with Crippen LogP contribution in [0.2, 0.25) is 0 Å². The second kappa shape index (κ2) is 8.83. The fourth-order valence-corrected chi connectivity index (χ4v) is 3.11. The van der Waals surface area contributed by atoms with Gasteiger partial charge in [-0.2, -0.15) is 0 Å². The molecule has 0 aromatic heterocycles. The van der Waals surface area contributed by atoms with Crippen molar-refractivity contribution in [3.63, 3.8) is 0 Å². The van der Waals surface area contributed by atoms with E-state index in [2.05, 4.69) is 10.6 Å². The van der Waals surface area contributed by atoms with Crippen molar-refractivity contribution in [3.05, 3.63) is 29.8 Å². The molecule has 1 aliphatic carbocycles. The van der Waals surface area contributed by atoms with Crippen LogP contribution in [0.4, 0.5) is 5.69 Å². The van der Waals surface area contributed by atoms with E-state index in [0.717, 1.165) is 25.7 Å². The van der Waals surface area contributed by atoms with Crippen molar-refractivity contribution in [2.45, 2.75) is 52.0 Å². The Hall–Kier alpha value is -1.88. The predicted molar refractivity (Wildman–Crippen MR) is 96.8 cm³/mol. The Morgan fingerprint density at radius 3 is 2.62 bits per heavy atom. The molecular formula is C19H29N3O2. The molecule has 2 amide bonds. The Morgan fingerprint density at radius 2 is 1.92 bits per heavy atom. The summed E-state index contributed by atoms with van der Waals surface area (Å²) in [6.07, 6.45) is 4.71. The minimum atomic E-state index is -0.158. The average molecular weight is 331 g/mol. The highest BCUT2D eigenvalue weighted by Gasteiger charge is 2.24. The van der Waals surface area contributed by atoms with Gasteiger partial charge in [0.1, 0.15) is 0 Å². The molecule has 2 atom stereocenters. The quantitative estimate of drug-likeness (QED) is 0.749. The van der Waals surface area contributed by atoms with E-state index in [1.807, 2.05) is 19.9 Å². The molecule has 132 valence electrons. The van der Waals surface area contributed by atoms with E-state index in [4.69, 9.17) is 5.73 Å². The first-order chi connectivity index (χ1) is 11.5. The number of amides is 2. The molecule has 5 nitrogen and oxygen atoms in total. The lowest BCUT2D eigenvalue weighted by Crippen LogP contribution is -2.35. The van der Waals surface area contributed by atoms with Gasteiger partial charge in [0.05, 0.1) is 11.3 Å². The zero-order valence-electron chi connectivity index (χ0n) is 14.7. The van der Waals surface area contributed by atoms with E-state index < -0.39 is 0 Å². The van der Waals surface area contributed by atoms with Crippen molar-refractivity contribution < 1.29 is 9.59 Å². The normalized spacial score (nSPS) is 20.7. The molecule has 1 aromatic rings. The van der Waals surface area contributed by atoms with Crippen LogP contribution in [0.5, 0.6) is 0 Å². The van der Waals surface area contributed by atoms with Crippen molar-refractivity contribution >= 4 is 17.5 Å². The van der Waals surface area contributed by atoms with Gasteiger partial charge in [-0.1, -0.05) is 38.8 Å². The average Bonchev–Trinajstić information content (AvgIpc) is 2.55. The maximum absolute atomic E-state index is 12.4. The van der Waals surface area contributed by atoms with Crippen molar-refractivity contribution in [3.8, 4) is 0 Å². The van der Waals surface area contributed by atoms with Crippen LogP contribution < -0.4 is 16.4 Å². The van der Waals surface area contributed by atoms with Crippen LogP contribution in [0.15, 0.2) is 24.3 Å². The van der Waals surface area contributed by atoms with Gasteiger partial charge in [-0.15, -0.1) is 0 Å². The maximum atomic E-state index is 12.4. The molecule has 0 bridgehead atoms. The number of carbonyl (C=O) groups excluding carboxylic acids is 2. The summed E-state index contributed by atoms with van der Waals surface area (Å²) >= 11 is 0. The summed E-state index contributed by atoms with van der Waals surface area (Å²) in [6, 6.07) is 7.23. The molecule has 0 radical (unpaired) electrons. The van der Waals surface area contributed by atoms with Crippen molar-refractivity contribution in [2.75, 3.05) is 11.9 Å². The largest absolute Gasteiger partial charge is 0.352 e. The van der Waals surface area contributed by atoms with E-state index in [-0.39, 0.29) is 23.8 Å². The summed E-state index contributed by atoms with van der Waals surface area (Å²) in [5.74, 6) is 0.389. The smallest absolute Gasteiger partial charge is 0.253 e. The molecule has 4 N–H and O–H groups in total. The fraction of sp³-hybridized carbons (Fsp3) is 0.579. The molecule has 0 aliphatic heterocycles. The molecule has 0 spiro atoms. The molecule has 1 aromatic carbocycles. The molecule has 1 saturated carbocycles. The van der Waals surface area contributed by atoms with E-state index >= 15 is 0 Å². The standard InChI is InChI=1S/C19H29N3O2/c1-13(2)12-21-19(24)15-8-4-6-10-17(15)22-18(23)11-14-7-3-5-9-16(14)20/h4,6,8,10,13-14,16H,3,5,7,9,11-12,20H2,1-2H3,(H,21,24)(H,22,23). The molecule has 1 aliphatic rings. The number of carbonyl (C=O) groups is 2. The van der Waals surface area contributed by atoms with Gasteiger partial charge in [0.2, 0.25) is 5.91 Å². The molecule has 0 heterocycles. The van der Waals surface area contributed by atoms with Gasteiger partial charge in [0, 0.05) is 19.0 Å². The number of nitrogens with one attached hydrogen (secondary N) is 2. The number of hydrogen-bond acceptors (Lipinski definition) is 3. The first kappa shape index (κ1) is 18.5. The highest BCUT2D eigenvalue weighted by atomic mass is 16.2. The molecular weight excluding hydrogens is 302 g/mol.